The second kappa shape index (κ2) is 11.6. The number of carboxylic acid groups (broad SMARTS) is 1. The summed E-state index contributed by atoms with van der Waals surface area (Å²) in [6.45, 7) is -1.92. The Morgan fingerprint density at radius 2 is 1.94 bits per heavy atom. The fraction of sp³-hybridized carbons (Fsp3) is 0.333. The standard InChI is InChI=1S/C21H21ClF3NO6/c1-30-17-6-5-13(8-18(20(28)29)32-12-21(23,24)25)7-14(17)10-26-19(27)11-31-16-4-2-3-15(22)9-16/h2-7,9,18H,8,10-12H2,1H3,(H,26,27)(H,28,29). The molecule has 0 saturated carbocycles. The predicted molar refractivity (Wildman–Crippen MR) is 109 cm³/mol. The van der Waals surface area contributed by atoms with Crippen molar-refractivity contribution in [3.8, 4) is 11.5 Å². The molecule has 1 amide bonds. The van der Waals surface area contributed by atoms with Crippen LogP contribution in [0.2, 0.25) is 5.02 Å². The lowest BCUT2D eigenvalue weighted by atomic mass is 10.0. The van der Waals surface area contributed by atoms with Crippen molar-refractivity contribution < 1.29 is 42.1 Å². The van der Waals surface area contributed by atoms with E-state index in [0.717, 1.165) is 0 Å². The Hall–Kier alpha value is -2.98. The molecule has 2 aromatic rings. The lowest BCUT2D eigenvalue weighted by Gasteiger charge is -2.17. The smallest absolute Gasteiger partial charge is 0.411 e. The zero-order chi connectivity index (χ0) is 23.7. The zero-order valence-corrected chi connectivity index (χ0v) is 17.7. The number of hydrogen-bond donors (Lipinski definition) is 2. The van der Waals surface area contributed by atoms with E-state index in [0.29, 0.717) is 27.6 Å². The molecule has 0 aliphatic heterocycles. The van der Waals surface area contributed by atoms with Crippen LogP contribution >= 0.6 is 11.6 Å². The Kier molecular flexibility index (Phi) is 9.15. The number of rotatable bonds is 11. The largest absolute Gasteiger partial charge is 0.496 e. The molecular weight excluding hydrogens is 455 g/mol. The number of nitrogens with one attached hydrogen (secondary N) is 1. The molecule has 11 heteroatoms. The van der Waals surface area contributed by atoms with Gasteiger partial charge in [-0.05, 0) is 29.8 Å². The van der Waals surface area contributed by atoms with E-state index in [-0.39, 0.29) is 19.6 Å². The van der Waals surface area contributed by atoms with Crippen molar-refractivity contribution >= 4 is 23.5 Å². The fourth-order valence-electron chi connectivity index (χ4n) is 2.67. The molecule has 2 N–H and O–H groups in total. The van der Waals surface area contributed by atoms with E-state index in [2.05, 4.69) is 10.1 Å². The van der Waals surface area contributed by atoms with Crippen LogP contribution in [0, 0.1) is 0 Å². The summed E-state index contributed by atoms with van der Waals surface area (Å²) < 4.78 is 52.1. The monoisotopic (exact) mass is 475 g/mol. The van der Waals surface area contributed by atoms with Gasteiger partial charge < -0.3 is 24.6 Å². The Morgan fingerprint density at radius 3 is 2.56 bits per heavy atom. The van der Waals surface area contributed by atoms with E-state index in [1.54, 1.807) is 24.3 Å². The predicted octanol–water partition coefficient (Wildman–Crippen LogP) is 3.62. The summed E-state index contributed by atoms with van der Waals surface area (Å²) >= 11 is 5.85. The summed E-state index contributed by atoms with van der Waals surface area (Å²) in [6.07, 6.45) is -6.62. The SMILES string of the molecule is COc1ccc(CC(OCC(F)(F)F)C(=O)O)cc1CNC(=O)COc1cccc(Cl)c1. The van der Waals surface area contributed by atoms with Crippen molar-refractivity contribution in [1.29, 1.82) is 0 Å². The van der Waals surface area contributed by atoms with Crippen LogP contribution in [0.1, 0.15) is 11.1 Å². The first-order valence-corrected chi connectivity index (χ1v) is 9.67. The van der Waals surface area contributed by atoms with Gasteiger partial charge in [0.15, 0.2) is 12.7 Å². The van der Waals surface area contributed by atoms with Crippen molar-refractivity contribution in [3.63, 3.8) is 0 Å². The van der Waals surface area contributed by atoms with Crippen LogP contribution < -0.4 is 14.8 Å². The Balaban J connectivity index is 1.99. The third kappa shape index (κ3) is 8.64. The van der Waals surface area contributed by atoms with Gasteiger partial charge in [-0.2, -0.15) is 13.2 Å². The number of carbonyl (C=O) groups is 2. The molecule has 0 fully saturated rings. The second-order valence-electron chi connectivity index (χ2n) is 6.63. The van der Waals surface area contributed by atoms with Gasteiger partial charge in [0, 0.05) is 23.6 Å². The maximum atomic E-state index is 12.4. The summed E-state index contributed by atoms with van der Waals surface area (Å²) in [6, 6.07) is 11.1. The molecule has 0 heterocycles. The number of benzene rings is 2. The van der Waals surface area contributed by atoms with Gasteiger partial charge >= 0.3 is 12.1 Å². The zero-order valence-electron chi connectivity index (χ0n) is 16.9. The Labute approximate surface area is 187 Å². The molecule has 174 valence electrons. The highest BCUT2D eigenvalue weighted by Gasteiger charge is 2.31. The highest BCUT2D eigenvalue weighted by Crippen LogP contribution is 2.22. The molecule has 0 spiro atoms. The number of aliphatic carboxylic acids is 1. The number of carbonyl (C=O) groups excluding carboxylic acids is 1. The van der Waals surface area contributed by atoms with Crippen molar-refractivity contribution in [2.45, 2.75) is 25.2 Å². The lowest BCUT2D eigenvalue weighted by Crippen LogP contribution is -2.31. The van der Waals surface area contributed by atoms with E-state index in [4.69, 9.17) is 26.2 Å². The quantitative estimate of drug-likeness (QED) is 0.515. The molecule has 0 radical (unpaired) electrons. The number of hydrogen-bond acceptors (Lipinski definition) is 5. The second-order valence-corrected chi connectivity index (χ2v) is 7.06. The summed E-state index contributed by atoms with van der Waals surface area (Å²) in [7, 11) is 1.41. The number of amides is 1. The van der Waals surface area contributed by atoms with Crippen molar-refractivity contribution in [3.05, 3.63) is 58.6 Å². The van der Waals surface area contributed by atoms with Crippen molar-refractivity contribution in [2.24, 2.45) is 0 Å². The molecule has 0 saturated heterocycles. The lowest BCUT2D eigenvalue weighted by molar-refractivity contribution is -0.192. The summed E-state index contributed by atoms with van der Waals surface area (Å²) in [5, 5.41) is 12.2. The Bertz CT molecular complexity index is 938. The van der Waals surface area contributed by atoms with Crippen LogP contribution in [0.5, 0.6) is 11.5 Å². The molecule has 0 bridgehead atoms. The average Bonchev–Trinajstić information content (AvgIpc) is 2.73. The highest BCUT2D eigenvalue weighted by molar-refractivity contribution is 6.30. The first kappa shape index (κ1) is 25.3. The van der Waals surface area contributed by atoms with Gasteiger partial charge in [0.2, 0.25) is 0 Å². The molecule has 32 heavy (non-hydrogen) atoms. The minimum Gasteiger partial charge on any atom is -0.496 e. The highest BCUT2D eigenvalue weighted by atomic mass is 35.5. The van der Waals surface area contributed by atoms with Gasteiger partial charge in [-0.15, -0.1) is 0 Å². The number of ether oxygens (including phenoxy) is 3. The van der Waals surface area contributed by atoms with Crippen LogP contribution in [0.4, 0.5) is 13.2 Å². The third-order valence-electron chi connectivity index (χ3n) is 4.13. The van der Waals surface area contributed by atoms with Gasteiger partial charge in [-0.1, -0.05) is 29.8 Å². The van der Waals surface area contributed by atoms with E-state index in [1.165, 1.54) is 25.3 Å². The van der Waals surface area contributed by atoms with Crippen LogP contribution in [0.25, 0.3) is 0 Å². The maximum Gasteiger partial charge on any atom is 0.411 e. The maximum absolute atomic E-state index is 12.4. The van der Waals surface area contributed by atoms with Crippen molar-refractivity contribution in [1.82, 2.24) is 5.32 Å². The first-order chi connectivity index (χ1) is 15.1. The van der Waals surface area contributed by atoms with Gasteiger partial charge in [-0.3, -0.25) is 4.79 Å². The summed E-state index contributed by atoms with van der Waals surface area (Å²) in [5.74, 6) is -1.12. The number of halogens is 4. The topological polar surface area (TPSA) is 94.1 Å². The molecule has 7 nitrogen and oxygen atoms in total. The number of alkyl halides is 3. The van der Waals surface area contributed by atoms with Crippen LogP contribution in [0.15, 0.2) is 42.5 Å². The number of methoxy groups -OCH3 is 1. The number of carboxylic acids is 1. The normalized spacial score (nSPS) is 12.2. The van der Waals surface area contributed by atoms with E-state index >= 15 is 0 Å². The molecule has 0 aromatic heterocycles. The molecule has 2 aromatic carbocycles. The molecule has 0 aliphatic rings. The van der Waals surface area contributed by atoms with Gasteiger partial charge in [0.05, 0.1) is 7.11 Å². The van der Waals surface area contributed by atoms with Gasteiger partial charge in [0.25, 0.3) is 5.91 Å². The van der Waals surface area contributed by atoms with E-state index in [1.807, 2.05) is 0 Å². The summed E-state index contributed by atoms with van der Waals surface area (Å²) in [5.41, 5.74) is 0.904. The first-order valence-electron chi connectivity index (χ1n) is 9.29. The van der Waals surface area contributed by atoms with Gasteiger partial charge in [-0.25, -0.2) is 4.79 Å². The van der Waals surface area contributed by atoms with Crippen LogP contribution in [-0.2, 0) is 27.3 Å². The van der Waals surface area contributed by atoms with Crippen LogP contribution in [-0.4, -0.2) is 49.6 Å². The van der Waals surface area contributed by atoms with Crippen molar-refractivity contribution in [2.75, 3.05) is 20.3 Å². The average molecular weight is 476 g/mol. The molecule has 2 rings (SSSR count). The van der Waals surface area contributed by atoms with E-state index in [9.17, 15) is 22.8 Å². The van der Waals surface area contributed by atoms with E-state index < -0.39 is 30.8 Å². The third-order valence-corrected chi connectivity index (χ3v) is 4.37. The molecular formula is C21H21ClF3NO6. The fourth-order valence-corrected chi connectivity index (χ4v) is 2.85. The Morgan fingerprint density at radius 1 is 1.19 bits per heavy atom. The van der Waals surface area contributed by atoms with Gasteiger partial charge in [0.1, 0.15) is 18.1 Å². The summed E-state index contributed by atoms with van der Waals surface area (Å²) in [4.78, 5) is 23.3. The minimum atomic E-state index is -4.64. The molecule has 1 atom stereocenters. The van der Waals surface area contributed by atoms with Crippen LogP contribution in [0.3, 0.4) is 0 Å². The minimum absolute atomic E-state index is 0.0237. The molecule has 0 aliphatic carbocycles. The molecule has 1 unspecified atom stereocenters.